The third-order valence-corrected chi connectivity index (χ3v) is 11.7. The van der Waals surface area contributed by atoms with Gasteiger partial charge in [-0.2, -0.15) is 0 Å². The van der Waals surface area contributed by atoms with Gasteiger partial charge in [0.15, 0.2) is 0 Å². The molecule has 0 radical (unpaired) electrons. The van der Waals surface area contributed by atoms with Gasteiger partial charge in [-0.1, -0.05) is 143 Å². The minimum Gasteiger partial charge on any atom is -0.0945 e. The summed E-state index contributed by atoms with van der Waals surface area (Å²) in [5.41, 5.74) is 11.2. The lowest BCUT2D eigenvalue weighted by atomic mass is 9.78. The second-order valence-corrected chi connectivity index (χ2v) is 15.8. The molecule has 0 bridgehead atoms. The fraction of sp³-hybridized carbons (Fsp3) is 0.472. The molecule has 2 aliphatic rings. The smallest absolute Gasteiger partial charge is 0.0245 e. The highest BCUT2D eigenvalue weighted by atomic mass is 14.3. The summed E-state index contributed by atoms with van der Waals surface area (Å²) < 4.78 is 0. The predicted octanol–water partition coefficient (Wildman–Crippen LogP) is 14.2. The van der Waals surface area contributed by atoms with Gasteiger partial charge in [0.1, 0.15) is 0 Å². The minimum absolute atomic E-state index is 0.570. The zero-order valence-electron chi connectivity index (χ0n) is 33.6. The van der Waals surface area contributed by atoms with E-state index in [-0.39, 0.29) is 0 Å². The average molecular weight is 703 g/mol. The van der Waals surface area contributed by atoms with Crippen molar-refractivity contribution in [3.63, 3.8) is 0 Å². The van der Waals surface area contributed by atoms with E-state index in [4.69, 9.17) is 0 Å². The molecule has 4 aromatic rings. The van der Waals surface area contributed by atoms with E-state index < -0.39 is 0 Å². The Hall–Kier alpha value is -4.00. The maximum absolute atomic E-state index is 3.55. The monoisotopic (exact) mass is 703 g/mol. The van der Waals surface area contributed by atoms with Crippen molar-refractivity contribution in [2.24, 2.45) is 11.8 Å². The quantitative estimate of drug-likeness (QED) is 0.137. The molecule has 278 valence electrons. The van der Waals surface area contributed by atoms with E-state index >= 15 is 0 Å². The fourth-order valence-corrected chi connectivity index (χ4v) is 8.05. The molecule has 2 saturated carbocycles. The first-order chi connectivity index (χ1) is 26.1. The number of benzene rings is 4. The highest BCUT2D eigenvalue weighted by Crippen LogP contribution is 2.37. The third-order valence-electron chi connectivity index (χ3n) is 11.7. The molecule has 0 saturated heterocycles. The van der Waals surface area contributed by atoms with Gasteiger partial charge < -0.3 is 0 Å². The minimum atomic E-state index is 0.570. The zero-order valence-corrected chi connectivity index (χ0v) is 33.6. The van der Waals surface area contributed by atoms with E-state index in [1.165, 1.54) is 147 Å². The van der Waals surface area contributed by atoms with Crippen LogP contribution in [0.2, 0.25) is 0 Å². The molecule has 2 fully saturated rings. The first-order valence-electron chi connectivity index (χ1n) is 21.4. The van der Waals surface area contributed by atoms with Crippen LogP contribution in [-0.4, -0.2) is 0 Å². The Kier molecular flexibility index (Phi) is 16.9. The van der Waals surface area contributed by atoms with Gasteiger partial charge in [-0.15, -0.1) is 0 Å². The highest BCUT2D eigenvalue weighted by molar-refractivity contribution is 5.38. The second-order valence-electron chi connectivity index (χ2n) is 15.8. The topological polar surface area (TPSA) is 0 Å². The second kappa shape index (κ2) is 22.3. The van der Waals surface area contributed by atoms with E-state index in [0.29, 0.717) is 11.8 Å². The molecule has 4 aromatic carbocycles. The van der Waals surface area contributed by atoms with Crippen molar-refractivity contribution < 1.29 is 0 Å². The van der Waals surface area contributed by atoms with Crippen molar-refractivity contribution in [2.75, 3.05) is 0 Å². The normalized spacial score (nSPS) is 19.5. The molecule has 0 N–H and O–H groups in total. The zero-order chi connectivity index (χ0) is 37.1. The maximum Gasteiger partial charge on any atom is 0.0245 e. The summed E-state index contributed by atoms with van der Waals surface area (Å²) in [6.45, 7) is 8.96. The van der Waals surface area contributed by atoms with Gasteiger partial charge in [0, 0.05) is 23.0 Å². The van der Waals surface area contributed by atoms with Crippen LogP contribution in [0.4, 0.5) is 0 Å². The van der Waals surface area contributed by atoms with Crippen LogP contribution in [0.25, 0.3) is 0 Å². The Balaban J connectivity index is 0.000000204. The van der Waals surface area contributed by atoms with Gasteiger partial charge in [0.05, 0.1) is 0 Å². The molecule has 0 unspecified atom stereocenters. The summed E-state index contributed by atoms with van der Waals surface area (Å²) in [4.78, 5) is 0. The van der Waals surface area contributed by atoms with Crippen molar-refractivity contribution in [3.05, 3.63) is 142 Å². The number of unbranched alkanes of at least 4 members (excludes halogenated alkanes) is 2. The lowest BCUT2D eigenvalue weighted by molar-refractivity contribution is 0.384. The van der Waals surface area contributed by atoms with Crippen molar-refractivity contribution in [3.8, 4) is 23.7 Å². The predicted molar refractivity (Wildman–Crippen MR) is 230 cm³/mol. The third kappa shape index (κ3) is 13.4. The maximum atomic E-state index is 3.55. The Morgan fingerprint density at radius 1 is 0.396 bits per heavy atom. The Bertz CT molecular complexity index is 1720. The van der Waals surface area contributed by atoms with E-state index in [0.717, 1.165) is 18.3 Å². The van der Waals surface area contributed by atoms with Crippen LogP contribution < -0.4 is 0 Å². The van der Waals surface area contributed by atoms with Crippen LogP contribution >= 0.6 is 0 Å². The van der Waals surface area contributed by atoms with E-state index in [9.17, 15) is 0 Å². The van der Waals surface area contributed by atoms with E-state index in [1.54, 1.807) is 0 Å². The van der Waals surface area contributed by atoms with Gasteiger partial charge in [-0.05, 0) is 159 Å². The number of hydrogen-bond acceptors (Lipinski definition) is 0. The van der Waals surface area contributed by atoms with E-state index in [1.807, 2.05) is 0 Å². The number of hydrogen-bond donors (Lipinski definition) is 0. The molecule has 0 amide bonds. The molecule has 2 aliphatic carbocycles. The van der Waals surface area contributed by atoms with Crippen LogP contribution in [0, 0.1) is 35.5 Å². The van der Waals surface area contributed by atoms with Gasteiger partial charge in [-0.25, -0.2) is 0 Å². The molecule has 0 heteroatoms. The summed E-state index contributed by atoms with van der Waals surface area (Å²) >= 11 is 0. The number of aryl methyl sites for hydroxylation is 4. The molecule has 6 rings (SSSR count). The molecule has 53 heavy (non-hydrogen) atoms. The van der Waals surface area contributed by atoms with Gasteiger partial charge in [0.25, 0.3) is 0 Å². The Labute approximate surface area is 324 Å². The van der Waals surface area contributed by atoms with Crippen LogP contribution in [0.15, 0.2) is 97.1 Å². The Morgan fingerprint density at radius 2 is 0.755 bits per heavy atom. The van der Waals surface area contributed by atoms with Gasteiger partial charge in [0.2, 0.25) is 0 Å². The van der Waals surface area contributed by atoms with E-state index in [2.05, 4.69) is 148 Å². The lowest BCUT2D eigenvalue weighted by Crippen LogP contribution is -2.12. The van der Waals surface area contributed by atoms with Gasteiger partial charge in [-0.3, -0.25) is 0 Å². The van der Waals surface area contributed by atoms with Crippen molar-refractivity contribution in [1.82, 2.24) is 0 Å². The largest absolute Gasteiger partial charge is 0.0945 e. The molecule has 0 spiro atoms. The fourth-order valence-electron chi connectivity index (χ4n) is 8.05. The summed E-state index contributed by atoms with van der Waals surface area (Å²) in [5, 5.41) is 0. The van der Waals surface area contributed by atoms with Crippen molar-refractivity contribution >= 4 is 0 Å². The first-order valence-corrected chi connectivity index (χ1v) is 21.4. The molecule has 0 atom stereocenters. The summed E-state index contributed by atoms with van der Waals surface area (Å²) in [5.74, 6) is 16.5. The number of rotatable bonds is 11. The average Bonchev–Trinajstić information content (AvgIpc) is 3.22. The molecular weight excluding hydrogens is 637 g/mol. The molecule has 0 aliphatic heterocycles. The van der Waals surface area contributed by atoms with Crippen LogP contribution in [0.1, 0.15) is 168 Å². The van der Waals surface area contributed by atoms with Crippen LogP contribution in [-0.2, 0) is 25.7 Å². The molecule has 0 aromatic heterocycles. The summed E-state index contributed by atoms with van der Waals surface area (Å²) in [6.07, 6.45) is 21.1. The molecule has 0 heterocycles. The molecule has 0 nitrogen and oxygen atoms in total. The highest BCUT2D eigenvalue weighted by Gasteiger charge is 2.22. The van der Waals surface area contributed by atoms with Crippen molar-refractivity contribution in [1.29, 1.82) is 0 Å². The summed E-state index contributed by atoms with van der Waals surface area (Å²) in [6, 6.07) is 36.4. The molecular formula is C53H66. The lowest BCUT2D eigenvalue weighted by Gasteiger charge is -2.26. The van der Waals surface area contributed by atoms with Crippen LogP contribution in [0.3, 0.4) is 0 Å². The van der Waals surface area contributed by atoms with Crippen molar-refractivity contribution in [2.45, 2.75) is 149 Å². The standard InChI is InChI=1S/C27H34.C26H32/c1-3-5-7-23-8-10-24(11-9-23)12-13-25-16-20-27(21-17-25)26-18-14-22(6-4-2)15-19-26;1-3-5-6-22-7-9-23(10-8-22)11-12-24-15-19-26(20-16-24)25-17-13-21(4-2)14-18-25/h8-11,14-15,18-19,25,27H,3-7,16-17,20-21H2,1-2H3;7-10,13-14,17-18,24,26H,3-6,15-16,19-20H2,1-2H3. The Morgan fingerprint density at radius 3 is 1.11 bits per heavy atom. The van der Waals surface area contributed by atoms with Gasteiger partial charge >= 0.3 is 0 Å². The SMILES string of the molecule is CCCCc1ccc(C#CC2CCC(c3ccc(CC)cc3)CC2)cc1.CCCCc1ccc(C#CC2CCC(c3ccc(CCC)cc3)CC2)cc1. The summed E-state index contributed by atoms with van der Waals surface area (Å²) in [7, 11) is 0. The van der Waals surface area contributed by atoms with Crippen LogP contribution in [0.5, 0.6) is 0 Å². The first kappa shape index (κ1) is 40.2.